The summed E-state index contributed by atoms with van der Waals surface area (Å²) < 4.78 is 8.52. The third kappa shape index (κ3) is 2.60. The number of hydrogen-bond donors (Lipinski definition) is 1. The maximum atomic E-state index is 5.51. The summed E-state index contributed by atoms with van der Waals surface area (Å²) in [5, 5.41) is 3.13. The van der Waals surface area contributed by atoms with E-state index in [1.165, 1.54) is 11.1 Å². The molecule has 0 bridgehead atoms. The Balaban J connectivity index is 2.62. The van der Waals surface area contributed by atoms with Crippen molar-refractivity contribution in [3.8, 4) is 17.0 Å². The highest BCUT2D eigenvalue weighted by atomic mass is 79.9. The molecule has 0 saturated carbocycles. The average molecular weight is 338 g/mol. The summed E-state index contributed by atoms with van der Waals surface area (Å²) in [6, 6.07) is 4.19. The monoisotopic (exact) mass is 337 g/mol. The normalized spacial score (nSPS) is 10.9. The molecule has 0 amide bonds. The zero-order valence-electron chi connectivity index (χ0n) is 12.5. The standard InChI is InChI=1S/C15H20BrN3O/c1-9-6-11(12(20-5)7-10(9)2)14-15(16)19(4)13(18-14)8-17-3/h6-7,17H,8H2,1-5H3. The van der Waals surface area contributed by atoms with E-state index in [0.717, 1.165) is 34.0 Å². The number of benzene rings is 1. The van der Waals surface area contributed by atoms with Crippen LogP contribution in [0, 0.1) is 13.8 Å². The van der Waals surface area contributed by atoms with Gasteiger partial charge in [0.1, 0.15) is 21.9 Å². The highest BCUT2D eigenvalue weighted by Crippen LogP contribution is 2.36. The van der Waals surface area contributed by atoms with E-state index in [2.05, 4.69) is 47.2 Å². The van der Waals surface area contributed by atoms with Gasteiger partial charge in [0.25, 0.3) is 0 Å². The second kappa shape index (κ2) is 5.97. The Morgan fingerprint density at radius 2 is 1.95 bits per heavy atom. The van der Waals surface area contributed by atoms with Crippen LogP contribution in [0.2, 0.25) is 0 Å². The van der Waals surface area contributed by atoms with E-state index >= 15 is 0 Å². The summed E-state index contributed by atoms with van der Waals surface area (Å²) in [5.74, 6) is 1.83. The van der Waals surface area contributed by atoms with Crippen molar-refractivity contribution in [1.82, 2.24) is 14.9 Å². The van der Waals surface area contributed by atoms with Gasteiger partial charge in [-0.2, -0.15) is 0 Å². The van der Waals surface area contributed by atoms with Crippen LogP contribution in [-0.2, 0) is 13.6 Å². The lowest BCUT2D eigenvalue weighted by Crippen LogP contribution is -2.10. The van der Waals surface area contributed by atoms with Crippen LogP contribution in [0.15, 0.2) is 16.7 Å². The van der Waals surface area contributed by atoms with Crippen molar-refractivity contribution >= 4 is 15.9 Å². The molecule has 0 atom stereocenters. The van der Waals surface area contributed by atoms with Gasteiger partial charge in [0.05, 0.1) is 13.7 Å². The highest BCUT2D eigenvalue weighted by molar-refractivity contribution is 9.10. The smallest absolute Gasteiger partial charge is 0.128 e. The van der Waals surface area contributed by atoms with Gasteiger partial charge in [0.15, 0.2) is 0 Å². The Morgan fingerprint density at radius 3 is 2.55 bits per heavy atom. The third-order valence-corrected chi connectivity index (χ3v) is 4.43. The van der Waals surface area contributed by atoms with Crippen molar-refractivity contribution in [2.24, 2.45) is 7.05 Å². The Hall–Kier alpha value is -1.33. The Labute approximate surface area is 128 Å². The van der Waals surface area contributed by atoms with Crippen LogP contribution < -0.4 is 10.1 Å². The number of ether oxygens (including phenoxy) is 1. The highest BCUT2D eigenvalue weighted by Gasteiger charge is 2.18. The van der Waals surface area contributed by atoms with Gasteiger partial charge in [-0.15, -0.1) is 0 Å². The molecule has 1 heterocycles. The van der Waals surface area contributed by atoms with Crippen LogP contribution in [0.5, 0.6) is 5.75 Å². The van der Waals surface area contributed by atoms with Gasteiger partial charge in [-0.1, -0.05) is 0 Å². The number of rotatable bonds is 4. The van der Waals surface area contributed by atoms with E-state index in [9.17, 15) is 0 Å². The molecular formula is C15H20BrN3O. The van der Waals surface area contributed by atoms with Gasteiger partial charge in [0, 0.05) is 12.6 Å². The van der Waals surface area contributed by atoms with Crippen molar-refractivity contribution in [2.45, 2.75) is 20.4 Å². The van der Waals surface area contributed by atoms with Gasteiger partial charge >= 0.3 is 0 Å². The predicted molar refractivity (Wildman–Crippen MR) is 85.1 cm³/mol. The van der Waals surface area contributed by atoms with E-state index in [1.54, 1.807) is 7.11 Å². The van der Waals surface area contributed by atoms with Crippen molar-refractivity contribution in [3.05, 3.63) is 33.7 Å². The zero-order valence-corrected chi connectivity index (χ0v) is 14.1. The van der Waals surface area contributed by atoms with Gasteiger partial charge in [-0.05, 0) is 60.1 Å². The Bertz CT molecular complexity index is 635. The van der Waals surface area contributed by atoms with Crippen molar-refractivity contribution in [3.63, 3.8) is 0 Å². The second-order valence-electron chi connectivity index (χ2n) is 4.89. The largest absolute Gasteiger partial charge is 0.496 e. The van der Waals surface area contributed by atoms with Crippen molar-refractivity contribution < 1.29 is 4.74 Å². The van der Waals surface area contributed by atoms with Crippen LogP contribution in [0.3, 0.4) is 0 Å². The number of aromatic nitrogens is 2. The fraction of sp³-hybridized carbons (Fsp3) is 0.400. The molecule has 0 unspecified atom stereocenters. The number of hydrogen-bond acceptors (Lipinski definition) is 3. The number of nitrogens with one attached hydrogen (secondary N) is 1. The first kappa shape index (κ1) is 15.1. The molecule has 0 spiro atoms. The molecule has 4 nitrogen and oxygen atoms in total. The molecule has 0 fully saturated rings. The minimum atomic E-state index is 0.724. The topological polar surface area (TPSA) is 39.1 Å². The van der Waals surface area contributed by atoms with Gasteiger partial charge in [0.2, 0.25) is 0 Å². The van der Waals surface area contributed by atoms with Gasteiger partial charge in [-0.3, -0.25) is 0 Å². The molecule has 5 heteroatoms. The molecule has 0 radical (unpaired) electrons. The molecular weight excluding hydrogens is 318 g/mol. The van der Waals surface area contributed by atoms with Crippen LogP contribution in [0.4, 0.5) is 0 Å². The summed E-state index contributed by atoms with van der Waals surface area (Å²) in [7, 11) is 5.61. The second-order valence-corrected chi connectivity index (χ2v) is 5.64. The number of nitrogens with zero attached hydrogens (tertiary/aromatic N) is 2. The maximum Gasteiger partial charge on any atom is 0.128 e. The summed E-state index contributed by atoms with van der Waals surface area (Å²) in [5.41, 5.74) is 4.37. The first-order chi connectivity index (χ1) is 9.49. The molecule has 108 valence electrons. The van der Waals surface area contributed by atoms with Crippen LogP contribution in [0.1, 0.15) is 17.0 Å². The quantitative estimate of drug-likeness (QED) is 0.931. The van der Waals surface area contributed by atoms with E-state index in [-0.39, 0.29) is 0 Å². The summed E-state index contributed by atoms with van der Waals surface area (Å²) >= 11 is 3.63. The molecule has 2 rings (SSSR count). The number of halogens is 1. The van der Waals surface area contributed by atoms with Crippen molar-refractivity contribution in [2.75, 3.05) is 14.2 Å². The lowest BCUT2D eigenvalue weighted by atomic mass is 10.0. The molecule has 2 aromatic rings. The van der Waals surface area contributed by atoms with E-state index in [1.807, 2.05) is 18.7 Å². The van der Waals surface area contributed by atoms with Gasteiger partial charge in [-0.25, -0.2) is 4.98 Å². The molecule has 0 saturated heterocycles. The molecule has 1 N–H and O–H groups in total. The summed E-state index contributed by atoms with van der Waals surface area (Å²) in [6.45, 7) is 4.91. The Morgan fingerprint density at radius 1 is 1.30 bits per heavy atom. The fourth-order valence-electron chi connectivity index (χ4n) is 2.15. The maximum absolute atomic E-state index is 5.51. The SMILES string of the molecule is CNCc1nc(-c2cc(C)c(C)cc2OC)c(Br)n1C. The first-order valence-electron chi connectivity index (χ1n) is 6.50. The number of methoxy groups -OCH3 is 1. The van der Waals surface area contributed by atoms with Gasteiger partial charge < -0.3 is 14.6 Å². The first-order valence-corrected chi connectivity index (χ1v) is 7.30. The van der Waals surface area contributed by atoms with E-state index in [4.69, 9.17) is 9.72 Å². The van der Waals surface area contributed by atoms with E-state index in [0.29, 0.717) is 0 Å². The number of imidazole rings is 1. The summed E-state index contributed by atoms with van der Waals surface area (Å²) in [6.07, 6.45) is 0. The van der Waals surface area contributed by atoms with E-state index < -0.39 is 0 Å². The number of aryl methyl sites for hydroxylation is 2. The molecule has 1 aromatic heterocycles. The summed E-state index contributed by atoms with van der Waals surface area (Å²) in [4.78, 5) is 4.72. The van der Waals surface area contributed by atoms with Crippen LogP contribution >= 0.6 is 15.9 Å². The molecule has 1 aromatic carbocycles. The predicted octanol–water partition coefficient (Wildman–Crippen LogP) is 3.19. The Kier molecular flexibility index (Phi) is 4.50. The zero-order chi connectivity index (χ0) is 14.9. The lowest BCUT2D eigenvalue weighted by molar-refractivity contribution is 0.416. The molecule has 0 aliphatic carbocycles. The minimum Gasteiger partial charge on any atom is -0.496 e. The lowest BCUT2D eigenvalue weighted by Gasteiger charge is -2.10. The van der Waals surface area contributed by atoms with Crippen LogP contribution in [0.25, 0.3) is 11.3 Å². The average Bonchev–Trinajstić information content (AvgIpc) is 2.70. The minimum absolute atomic E-state index is 0.724. The molecule has 0 aliphatic heterocycles. The van der Waals surface area contributed by atoms with Crippen LogP contribution in [-0.4, -0.2) is 23.7 Å². The fourth-order valence-corrected chi connectivity index (χ4v) is 2.66. The molecule has 20 heavy (non-hydrogen) atoms. The molecule has 0 aliphatic rings. The van der Waals surface area contributed by atoms with Crippen molar-refractivity contribution in [1.29, 1.82) is 0 Å². The third-order valence-electron chi connectivity index (χ3n) is 3.52.